The lowest BCUT2D eigenvalue weighted by atomic mass is 9.97. The average Bonchev–Trinajstić information content (AvgIpc) is 2.45. The van der Waals surface area contributed by atoms with Crippen molar-refractivity contribution in [1.82, 2.24) is 4.90 Å². The van der Waals surface area contributed by atoms with Gasteiger partial charge in [-0.25, -0.2) is 0 Å². The van der Waals surface area contributed by atoms with Gasteiger partial charge in [-0.05, 0) is 49.9 Å². The van der Waals surface area contributed by atoms with Gasteiger partial charge < -0.3 is 15.4 Å². The van der Waals surface area contributed by atoms with E-state index in [0.29, 0.717) is 5.92 Å². The first kappa shape index (κ1) is 16.8. The van der Waals surface area contributed by atoms with Crippen LogP contribution in [0.15, 0.2) is 24.3 Å². The fourth-order valence-electron chi connectivity index (χ4n) is 2.36. The van der Waals surface area contributed by atoms with Gasteiger partial charge in [0.1, 0.15) is 5.75 Å². The van der Waals surface area contributed by atoms with Gasteiger partial charge >= 0.3 is 0 Å². The van der Waals surface area contributed by atoms with Crippen LogP contribution in [0.5, 0.6) is 5.75 Å². The molecule has 0 atom stereocenters. The maximum atomic E-state index is 12.0. The van der Waals surface area contributed by atoms with E-state index in [4.69, 9.17) is 10.5 Å². The molecule has 0 radical (unpaired) electrons. The second-order valence-corrected chi connectivity index (χ2v) is 5.17. The van der Waals surface area contributed by atoms with Gasteiger partial charge in [-0.3, -0.25) is 4.79 Å². The maximum absolute atomic E-state index is 12.0. The van der Waals surface area contributed by atoms with Crippen LogP contribution < -0.4 is 10.5 Å². The molecule has 112 valence electrons. The molecule has 2 N–H and O–H groups in total. The summed E-state index contributed by atoms with van der Waals surface area (Å²) < 4.78 is 5.54. The third-order valence-corrected chi connectivity index (χ3v) is 3.65. The lowest BCUT2D eigenvalue weighted by Gasteiger charge is -2.31. The molecule has 1 aliphatic rings. The largest absolute Gasteiger partial charge is 0.484 e. The summed E-state index contributed by atoms with van der Waals surface area (Å²) >= 11 is 0. The average molecular weight is 299 g/mol. The molecular weight excluding hydrogens is 276 g/mol. The van der Waals surface area contributed by atoms with Crippen molar-refractivity contribution in [2.24, 2.45) is 11.7 Å². The fourth-order valence-corrected chi connectivity index (χ4v) is 2.36. The van der Waals surface area contributed by atoms with Gasteiger partial charge in [-0.2, -0.15) is 0 Å². The van der Waals surface area contributed by atoms with E-state index in [-0.39, 0.29) is 24.9 Å². The highest BCUT2D eigenvalue weighted by atomic mass is 35.5. The summed E-state index contributed by atoms with van der Waals surface area (Å²) in [7, 11) is 0. The lowest BCUT2D eigenvalue weighted by molar-refractivity contribution is -0.134. The van der Waals surface area contributed by atoms with Crippen LogP contribution in [0.1, 0.15) is 18.4 Å². The highest BCUT2D eigenvalue weighted by molar-refractivity contribution is 5.85. The minimum Gasteiger partial charge on any atom is -0.484 e. The number of rotatable bonds is 4. The first-order valence-corrected chi connectivity index (χ1v) is 6.86. The van der Waals surface area contributed by atoms with E-state index in [0.717, 1.165) is 43.8 Å². The number of amides is 1. The van der Waals surface area contributed by atoms with Crippen LogP contribution in [-0.4, -0.2) is 37.0 Å². The normalized spacial score (nSPS) is 15.6. The molecule has 1 heterocycles. The van der Waals surface area contributed by atoms with E-state index >= 15 is 0 Å². The van der Waals surface area contributed by atoms with Gasteiger partial charge in [0, 0.05) is 13.1 Å². The van der Waals surface area contributed by atoms with E-state index in [1.54, 1.807) is 0 Å². The summed E-state index contributed by atoms with van der Waals surface area (Å²) in [5.74, 6) is 1.39. The minimum absolute atomic E-state index is 0. The van der Waals surface area contributed by atoms with Crippen LogP contribution in [0.25, 0.3) is 0 Å². The Morgan fingerprint density at radius 1 is 1.40 bits per heavy atom. The predicted octanol–water partition coefficient (Wildman–Crippen LogP) is 1.99. The van der Waals surface area contributed by atoms with E-state index < -0.39 is 0 Å². The number of benzene rings is 1. The molecule has 0 saturated carbocycles. The number of nitrogens with zero attached hydrogens (tertiary/aromatic N) is 1. The minimum atomic E-state index is 0. The Labute approximate surface area is 126 Å². The topological polar surface area (TPSA) is 55.6 Å². The zero-order valence-electron chi connectivity index (χ0n) is 11.9. The third-order valence-electron chi connectivity index (χ3n) is 3.65. The number of piperidine rings is 1. The third kappa shape index (κ3) is 4.69. The van der Waals surface area contributed by atoms with Crippen molar-refractivity contribution < 1.29 is 9.53 Å². The molecule has 1 fully saturated rings. The van der Waals surface area contributed by atoms with Gasteiger partial charge in [0.25, 0.3) is 5.91 Å². The van der Waals surface area contributed by atoms with Crippen molar-refractivity contribution in [2.45, 2.75) is 19.8 Å². The number of halogens is 1. The number of hydrogen-bond acceptors (Lipinski definition) is 3. The molecule has 0 aliphatic carbocycles. The smallest absolute Gasteiger partial charge is 0.260 e. The van der Waals surface area contributed by atoms with Crippen molar-refractivity contribution in [2.75, 3.05) is 26.2 Å². The Kier molecular flexibility index (Phi) is 6.82. The zero-order valence-corrected chi connectivity index (χ0v) is 12.7. The number of carbonyl (C=O) groups excluding carboxylic acids is 1. The number of likely N-dealkylation sites (tertiary alicyclic amines) is 1. The van der Waals surface area contributed by atoms with Crippen LogP contribution in [0.4, 0.5) is 0 Å². The van der Waals surface area contributed by atoms with Crippen LogP contribution in [0, 0.1) is 12.8 Å². The summed E-state index contributed by atoms with van der Waals surface area (Å²) in [6.45, 7) is 4.46. The Morgan fingerprint density at radius 3 is 2.70 bits per heavy atom. The highest BCUT2D eigenvalue weighted by Crippen LogP contribution is 2.16. The molecule has 20 heavy (non-hydrogen) atoms. The molecule has 2 rings (SSSR count). The van der Waals surface area contributed by atoms with Gasteiger partial charge in [-0.1, -0.05) is 12.1 Å². The molecular formula is C15H23ClN2O2. The zero-order chi connectivity index (χ0) is 13.7. The molecule has 0 spiro atoms. The number of aryl methyl sites for hydroxylation is 1. The van der Waals surface area contributed by atoms with Crippen molar-refractivity contribution >= 4 is 18.3 Å². The second-order valence-electron chi connectivity index (χ2n) is 5.17. The molecule has 1 aromatic carbocycles. The monoisotopic (exact) mass is 298 g/mol. The first-order valence-electron chi connectivity index (χ1n) is 6.86. The molecule has 1 saturated heterocycles. The molecule has 1 aromatic rings. The number of nitrogens with two attached hydrogens (primary N) is 1. The first-order chi connectivity index (χ1) is 9.19. The summed E-state index contributed by atoms with van der Waals surface area (Å²) in [5, 5.41) is 0. The number of ether oxygens (including phenoxy) is 1. The van der Waals surface area contributed by atoms with Gasteiger partial charge in [-0.15, -0.1) is 12.4 Å². The van der Waals surface area contributed by atoms with Gasteiger partial charge in [0.15, 0.2) is 6.61 Å². The van der Waals surface area contributed by atoms with E-state index in [9.17, 15) is 4.79 Å². The van der Waals surface area contributed by atoms with Crippen LogP contribution >= 0.6 is 12.4 Å². The quantitative estimate of drug-likeness (QED) is 0.925. The fraction of sp³-hybridized carbons (Fsp3) is 0.533. The van der Waals surface area contributed by atoms with Crippen LogP contribution in [-0.2, 0) is 4.79 Å². The summed E-state index contributed by atoms with van der Waals surface area (Å²) in [4.78, 5) is 13.9. The van der Waals surface area contributed by atoms with Crippen LogP contribution in [0.2, 0.25) is 0 Å². The molecule has 5 heteroatoms. The highest BCUT2D eigenvalue weighted by Gasteiger charge is 2.21. The molecule has 0 unspecified atom stereocenters. The molecule has 0 bridgehead atoms. The Bertz CT molecular complexity index is 432. The Morgan fingerprint density at radius 2 is 2.10 bits per heavy atom. The summed E-state index contributed by atoms with van der Waals surface area (Å²) in [6, 6.07) is 7.75. The second kappa shape index (κ2) is 8.12. The number of hydrogen-bond donors (Lipinski definition) is 1. The van der Waals surface area contributed by atoms with Gasteiger partial charge in [0.05, 0.1) is 0 Å². The SMILES string of the molecule is Cc1cccc(OCC(=O)N2CCC(CN)CC2)c1.Cl. The van der Waals surface area contributed by atoms with Crippen molar-refractivity contribution in [1.29, 1.82) is 0 Å². The van der Waals surface area contributed by atoms with E-state index in [1.807, 2.05) is 36.1 Å². The van der Waals surface area contributed by atoms with Crippen LogP contribution in [0.3, 0.4) is 0 Å². The van der Waals surface area contributed by atoms with Crippen molar-refractivity contribution in [3.63, 3.8) is 0 Å². The molecule has 1 amide bonds. The van der Waals surface area contributed by atoms with E-state index in [1.165, 1.54) is 0 Å². The lowest BCUT2D eigenvalue weighted by Crippen LogP contribution is -2.42. The van der Waals surface area contributed by atoms with Crippen molar-refractivity contribution in [3.8, 4) is 5.75 Å². The Balaban J connectivity index is 0.00000200. The predicted molar refractivity (Wildman–Crippen MR) is 82.3 cm³/mol. The van der Waals surface area contributed by atoms with E-state index in [2.05, 4.69) is 0 Å². The van der Waals surface area contributed by atoms with Crippen molar-refractivity contribution in [3.05, 3.63) is 29.8 Å². The molecule has 0 aromatic heterocycles. The molecule has 4 nitrogen and oxygen atoms in total. The summed E-state index contributed by atoms with van der Waals surface area (Å²) in [5.41, 5.74) is 6.78. The standard InChI is InChI=1S/C15H22N2O2.ClH/c1-12-3-2-4-14(9-12)19-11-15(18)17-7-5-13(10-16)6-8-17;/h2-4,9,13H,5-8,10-11,16H2,1H3;1H. The Hall–Kier alpha value is -1.26. The maximum Gasteiger partial charge on any atom is 0.260 e. The number of carbonyl (C=O) groups is 1. The molecule has 1 aliphatic heterocycles. The van der Waals surface area contributed by atoms with Gasteiger partial charge in [0.2, 0.25) is 0 Å². The summed E-state index contributed by atoms with van der Waals surface area (Å²) in [6.07, 6.45) is 2.01.